The van der Waals surface area contributed by atoms with Crippen LogP contribution in [0.4, 0.5) is 16.2 Å². The minimum Gasteiger partial charge on any atom is -0.308 e. The largest absolute Gasteiger partial charge is 0.323 e. The van der Waals surface area contributed by atoms with Gasteiger partial charge in [-0.15, -0.1) is 0 Å². The molecule has 4 nitrogen and oxygen atoms in total. The summed E-state index contributed by atoms with van der Waals surface area (Å²) in [7, 11) is 0. The summed E-state index contributed by atoms with van der Waals surface area (Å²) in [5.74, 6) is 0. The summed E-state index contributed by atoms with van der Waals surface area (Å²) in [4.78, 5) is 16.6. The van der Waals surface area contributed by atoms with Crippen molar-refractivity contribution in [1.29, 1.82) is 0 Å². The maximum atomic E-state index is 12.4. The number of nitrogens with one attached hydrogen (secondary N) is 2. The van der Waals surface area contributed by atoms with Gasteiger partial charge in [-0.05, 0) is 77.4 Å². The van der Waals surface area contributed by atoms with Crippen molar-refractivity contribution >= 4 is 28.2 Å². The van der Waals surface area contributed by atoms with Crippen LogP contribution in [0.3, 0.4) is 0 Å². The summed E-state index contributed by atoms with van der Waals surface area (Å²) in [5.41, 5.74) is 6.09. The Morgan fingerprint density at radius 1 is 0.862 bits per heavy atom. The highest BCUT2D eigenvalue weighted by atomic mass is 16.2. The Morgan fingerprint density at radius 3 is 2.41 bits per heavy atom. The molecule has 1 heterocycles. The van der Waals surface area contributed by atoms with Crippen LogP contribution < -0.4 is 10.6 Å². The van der Waals surface area contributed by atoms with E-state index in [0.717, 1.165) is 45.3 Å². The van der Waals surface area contributed by atoms with E-state index < -0.39 is 0 Å². The lowest BCUT2D eigenvalue weighted by Crippen LogP contribution is -2.19. The van der Waals surface area contributed by atoms with Crippen LogP contribution in [0.25, 0.3) is 21.9 Å². The maximum absolute atomic E-state index is 12.4. The van der Waals surface area contributed by atoms with Crippen LogP contribution in [0.5, 0.6) is 0 Å². The highest BCUT2D eigenvalue weighted by molar-refractivity contribution is 6.00. The fourth-order valence-electron chi connectivity index (χ4n) is 3.38. The molecule has 4 rings (SSSR count). The fourth-order valence-corrected chi connectivity index (χ4v) is 3.38. The van der Waals surface area contributed by atoms with Gasteiger partial charge in [0.15, 0.2) is 0 Å². The third-order valence-electron chi connectivity index (χ3n) is 5.07. The number of hydrogen-bond donors (Lipinski definition) is 2. The topological polar surface area (TPSA) is 54.0 Å². The Balaban J connectivity index is 1.54. The second-order valence-corrected chi connectivity index (χ2v) is 7.10. The van der Waals surface area contributed by atoms with Gasteiger partial charge in [-0.3, -0.25) is 4.98 Å². The van der Waals surface area contributed by atoms with E-state index in [1.807, 2.05) is 54.7 Å². The summed E-state index contributed by atoms with van der Waals surface area (Å²) in [6, 6.07) is 21.9. The molecule has 0 aliphatic rings. The summed E-state index contributed by atoms with van der Waals surface area (Å²) >= 11 is 0. The number of benzene rings is 3. The van der Waals surface area contributed by atoms with Crippen LogP contribution in [0, 0.1) is 6.92 Å². The summed E-state index contributed by atoms with van der Waals surface area (Å²) in [5, 5.41) is 8.06. The van der Waals surface area contributed by atoms with Gasteiger partial charge in [0.25, 0.3) is 0 Å². The molecule has 0 radical (unpaired) electrons. The predicted molar refractivity (Wildman–Crippen MR) is 120 cm³/mol. The van der Waals surface area contributed by atoms with Crippen LogP contribution in [0.15, 0.2) is 79.1 Å². The van der Waals surface area contributed by atoms with E-state index >= 15 is 0 Å². The normalized spacial score (nSPS) is 10.7. The molecular formula is C25H23N3O. The number of aromatic nitrogens is 1. The predicted octanol–water partition coefficient (Wildman–Crippen LogP) is 6.42. The van der Waals surface area contributed by atoms with Crippen molar-refractivity contribution in [2.75, 3.05) is 10.6 Å². The molecule has 0 unspecified atom stereocenters. The zero-order valence-electron chi connectivity index (χ0n) is 16.6. The number of urea groups is 1. The highest BCUT2D eigenvalue weighted by Crippen LogP contribution is 2.29. The second-order valence-electron chi connectivity index (χ2n) is 7.10. The number of hydrogen-bond acceptors (Lipinski definition) is 2. The zero-order chi connectivity index (χ0) is 20.2. The molecule has 0 fully saturated rings. The molecule has 1 aromatic heterocycles. The molecule has 2 amide bonds. The van der Waals surface area contributed by atoms with E-state index in [4.69, 9.17) is 0 Å². The number of carbonyl (C=O) groups is 1. The zero-order valence-corrected chi connectivity index (χ0v) is 16.6. The molecule has 0 aliphatic carbocycles. The maximum Gasteiger partial charge on any atom is 0.323 e. The Hall–Kier alpha value is -3.66. The van der Waals surface area contributed by atoms with E-state index in [0.29, 0.717) is 0 Å². The van der Waals surface area contributed by atoms with Crippen molar-refractivity contribution < 1.29 is 4.79 Å². The Labute approximate surface area is 170 Å². The first-order valence-corrected chi connectivity index (χ1v) is 9.74. The van der Waals surface area contributed by atoms with Crippen LogP contribution in [-0.2, 0) is 6.42 Å². The minimum atomic E-state index is -0.258. The number of rotatable bonds is 4. The summed E-state index contributed by atoms with van der Waals surface area (Å²) in [6.07, 6.45) is 4.64. The molecular weight excluding hydrogens is 358 g/mol. The Bertz CT molecular complexity index is 1170. The van der Waals surface area contributed by atoms with E-state index in [1.54, 1.807) is 6.20 Å². The Kier molecular flexibility index (Phi) is 5.25. The van der Waals surface area contributed by atoms with Gasteiger partial charge in [0, 0.05) is 29.2 Å². The lowest BCUT2D eigenvalue weighted by Gasteiger charge is -2.12. The van der Waals surface area contributed by atoms with Crippen LogP contribution in [-0.4, -0.2) is 11.0 Å². The highest BCUT2D eigenvalue weighted by Gasteiger charge is 2.08. The van der Waals surface area contributed by atoms with Gasteiger partial charge < -0.3 is 10.6 Å². The number of amides is 2. The Morgan fingerprint density at radius 2 is 1.62 bits per heavy atom. The number of aryl methyl sites for hydroxylation is 2. The van der Waals surface area contributed by atoms with E-state index in [2.05, 4.69) is 47.7 Å². The molecule has 2 N–H and O–H groups in total. The molecule has 0 bridgehead atoms. The van der Waals surface area contributed by atoms with Crippen molar-refractivity contribution in [1.82, 2.24) is 4.98 Å². The fraction of sp³-hybridized carbons (Fsp3) is 0.120. The van der Waals surface area contributed by atoms with Crippen molar-refractivity contribution in [3.05, 3.63) is 90.3 Å². The van der Waals surface area contributed by atoms with Gasteiger partial charge in [-0.2, -0.15) is 0 Å². The molecule has 0 saturated heterocycles. The van der Waals surface area contributed by atoms with Gasteiger partial charge in [0.05, 0.1) is 0 Å². The standard InChI is InChI=1S/C25H23N3O/c1-3-18-5-10-22(11-6-18)27-25(29)28-23-9-4-17(2)24(15-23)20-8-7-19-12-13-26-16-21(19)14-20/h4-16H,3H2,1-2H3,(H2,27,28,29). The summed E-state index contributed by atoms with van der Waals surface area (Å²) in [6.45, 7) is 4.18. The van der Waals surface area contributed by atoms with Crippen molar-refractivity contribution in [2.24, 2.45) is 0 Å². The molecule has 0 spiro atoms. The first-order valence-electron chi connectivity index (χ1n) is 9.74. The number of anilines is 2. The van der Waals surface area contributed by atoms with Gasteiger partial charge in [-0.25, -0.2) is 4.79 Å². The third-order valence-corrected chi connectivity index (χ3v) is 5.07. The molecule has 0 aliphatic heterocycles. The van der Waals surface area contributed by atoms with Crippen molar-refractivity contribution in [2.45, 2.75) is 20.3 Å². The molecule has 3 aromatic carbocycles. The smallest absolute Gasteiger partial charge is 0.308 e. The second kappa shape index (κ2) is 8.15. The molecule has 0 atom stereocenters. The van der Waals surface area contributed by atoms with Gasteiger partial charge in [0.2, 0.25) is 0 Å². The lowest BCUT2D eigenvalue weighted by atomic mass is 9.98. The molecule has 29 heavy (non-hydrogen) atoms. The van der Waals surface area contributed by atoms with E-state index in [9.17, 15) is 4.79 Å². The van der Waals surface area contributed by atoms with Crippen LogP contribution in [0.2, 0.25) is 0 Å². The number of pyridine rings is 1. The molecule has 4 heteroatoms. The third kappa shape index (κ3) is 4.27. The van der Waals surface area contributed by atoms with Crippen molar-refractivity contribution in [3.63, 3.8) is 0 Å². The van der Waals surface area contributed by atoms with Gasteiger partial charge in [0.1, 0.15) is 0 Å². The number of nitrogens with zero attached hydrogens (tertiary/aromatic N) is 1. The molecule has 0 saturated carbocycles. The number of carbonyl (C=O) groups excluding carboxylic acids is 1. The average molecular weight is 381 g/mol. The summed E-state index contributed by atoms with van der Waals surface area (Å²) < 4.78 is 0. The first-order chi connectivity index (χ1) is 14.1. The number of fused-ring (bicyclic) bond motifs is 1. The van der Waals surface area contributed by atoms with Gasteiger partial charge >= 0.3 is 6.03 Å². The lowest BCUT2D eigenvalue weighted by molar-refractivity contribution is 0.262. The average Bonchev–Trinajstić information content (AvgIpc) is 2.75. The minimum absolute atomic E-state index is 0.258. The van der Waals surface area contributed by atoms with Gasteiger partial charge in [-0.1, -0.05) is 37.3 Å². The molecule has 4 aromatic rings. The quantitative estimate of drug-likeness (QED) is 0.429. The van der Waals surface area contributed by atoms with Crippen LogP contribution >= 0.6 is 0 Å². The molecule has 144 valence electrons. The monoisotopic (exact) mass is 381 g/mol. The van der Waals surface area contributed by atoms with E-state index in [-0.39, 0.29) is 6.03 Å². The van der Waals surface area contributed by atoms with Crippen molar-refractivity contribution in [3.8, 4) is 11.1 Å². The first kappa shape index (κ1) is 18.7. The SMILES string of the molecule is CCc1ccc(NC(=O)Nc2ccc(C)c(-c3ccc4ccncc4c3)c2)cc1. The van der Waals surface area contributed by atoms with E-state index in [1.165, 1.54) is 5.56 Å². The van der Waals surface area contributed by atoms with Crippen LogP contribution in [0.1, 0.15) is 18.1 Å².